The first-order valence-corrected chi connectivity index (χ1v) is 12.5. The second-order valence-corrected chi connectivity index (χ2v) is 14.0. The van der Waals surface area contributed by atoms with Gasteiger partial charge in [-0.2, -0.15) is 0 Å². The lowest BCUT2D eigenvalue weighted by atomic mass is 10.1. The van der Waals surface area contributed by atoms with E-state index in [-0.39, 0.29) is 11.6 Å². The number of nitrogen functional groups attached to an aromatic ring is 1. The highest BCUT2D eigenvalue weighted by molar-refractivity contribution is 9.10. The molecule has 1 saturated heterocycles. The molecule has 1 fully saturated rings. The van der Waals surface area contributed by atoms with E-state index in [1.165, 1.54) is 6.33 Å². The summed E-state index contributed by atoms with van der Waals surface area (Å²) in [6.07, 6.45) is -1.03. The number of halogens is 2. The summed E-state index contributed by atoms with van der Waals surface area (Å²) in [5, 5.41) is 10.3. The van der Waals surface area contributed by atoms with Crippen molar-refractivity contribution in [2.75, 3.05) is 12.3 Å². The zero-order chi connectivity index (χ0) is 20.1. The molecule has 0 aromatic carbocycles. The van der Waals surface area contributed by atoms with Crippen molar-refractivity contribution < 1.29 is 18.7 Å². The molecule has 3 N–H and O–H groups in total. The molecule has 0 aliphatic carbocycles. The van der Waals surface area contributed by atoms with Gasteiger partial charge in [-0.05, 0) is 34.1 Å². The van der Waals surface area contributed by atoms with E-state index >= 15 is 4.39 Å². The Balaban J connectivity index is 1.97. The van der Waals surface area contributed by atoms with Gasteiger partial charge in [0.15, 0.2) is 20.7 Å². The fraction of sp³-hybridized carbons (Fsp3) is 0.647. The summed E-state index contributed by atoms with van der Waals surface area (Å²) in [4.78, 5) is 8.21. The molecule has 3 rings (SSSR count). The van der Waals surface area contributed by atoms with Crippen LogP contribution in [-0.4, -0.2) is 52.9 Å². The molecule has 10 heteroatoms. The number of aromatic nitrogens is 3. The Bertz CT molecular complexity index is 841. The van der Waals surface area contributed by atoms with Crippen LogP contribution in [0.15, 0.2) is 17.0 Å². The number of nitrogens with two attached hydrogens (primary N) is 1. The van der Waals surface area contributed by atoms with Crippen LogP contribution in [0.5, 0.6) is 0 Å². The minimum absolute atomic E-state index is 0.0876. The first-order chi connectivity index (χ1) is 12.5. The van der Waals surface area contributed by atoms with Gasteiger partial charge in [0, 0.05) is 10.7 Å². The molecular weight excluding hydrogens is 435 g/mol. The molecule has 1 aliphatic rings. The van der Waals surface area contributed by atoms with Gasteiger partial charge in [0.25, 0.3) is 0 Å². The van der Waals surface area contributed by atoms with Crippen molar-refractivity contribution in [3.63, 3.8) is 0 Å². The predicted octanol–water partition coefficient (Wildman–Crippen LogP) is 3.39. The van der Waals surface area contributed by atoms with Gasteiger partial charge >= 0.3 is 0 Å². The van der Waals surface area contributed by atoms with Crippen molar-refractivity contribution in [1.29, 1.82) is 0 Å². The van der Waals surface area contributed by atoms with Crippen molar-refractivity contribution >= 4 is 41.1 Å². The number of anilines is 1. The van der Waals surface area contributed by atoms with Crippen LogP contribution in [0.2, 0.25) is 18.1 Å². The molecular formula is C17H26BrFN4O3Si. The zero-order valence-corrected chi connectivity index (χ0v) is 18.7. The van der Waals surface area contributed by atoms with Crippen LogP contribution in [0, 0.1) is 0 Å². The highest BCUT2D eigenvalue weighted by Gasteiger charge is 2.51. The number of nitrogens with zero attached hydrogens (tertiary/aromatic N) is 3. The number of alkyl halides is 1. The third kappa shape index (κ3) is 3.53. The smallest absolute Gasteiger partial charge is 0.192 e. The monoisotopic (exact) mass is 460 g/mol. The van der Waals surface area contributed by atoms with E-state index in [9.17, 15) is 5.11 Å². The van der Waals surface area contributed by atoms with Gasteiger partial charge in [0.05, 0.1) is 12.0 Å². The molecule has 0 unspecified atom stereocenters. The maximum Gasteiger partial charge on any atom is 0.192 e. The van der Waals surface area contributed by atoms with Crippen LogP contribution in [0.3, 0.4) is 0 Å². The summed E-state index contributed by atoms with van der Waals surface area (Å²) >= 11 is 3.43. The summed E-state index contributed by atoms with van der Waals surface area (Å²) in [5.74, 6) is 0.298. The normalized spacial score (nSPS) is 26.8. The Hall–Kier alpha value is -1.07. The summed E-state index contributed by atoms with van der Waals surface area (Å²) in [6, 6.07) is 0. The second kappa shape index (κ2) is 7.07. The standard InChI is InChI=1S/C17H26BrFN4O3Si/c1-17(2,3)27(4,5)26-13-10(7-24)25-16(12(13)19)23-6-9(18)11-14(20)21-8-22-15(11)23/h6,8,10,12-13,16,24H,7H2,1-5H3,(H2,20,21,22)/t10-,12-,13-,16-/m1/s1. The van der Waals surface area contributed by atoms with Crippen molar-refractivity contribution in [2.24, 2.45) is 0 Å². The van der Waals surface area contributed by atoms with Gasteiger partial charge in [-0.25, -0.2) is 14.4 Å². The van der Waals surface area contributed by atoms with E-state index in [1.807, 2.05) is 0 Å². The topological polar surface area (TPSA) is 95.4 Å². The van der Waals surface area contributed by atoms with Crippen molar-refractivity contribution in [3.8, 4) is 0 Å². The van der Waals surface area contributed by atoms with E-state index in [2.05, 4.69) is 59.8 Å². The van der Waals surface area contributed by atoms with Crippen LogP contribution in [0.4, 0.5) is 10.2 Å². The predicted molar refractivity (Wildman–Crippen MR) is 108 cm³/mol. The Morgan fingerprint density at radius 3 is 2.67 bits per heavy atom. The zero-order valence-electron chi connectivity index (χ0n) is 16.1. The summed E-state index contributed by atoms with van der Waals surface area (Å²) < 4.78 is 29.8. The average Bonchev–Trinajstić information content (AvgIpc) is 3.05. The number of rotatable bonds is 4. The Morgan fingerprint density at radius 2 is 2.07 bits per heavy atom. The molecule has 0 bridgehead atoms. The number of ether oxygens (including phenoxy) is 1. The molecule has 3 heterocycles. The average molecular weight is 461 g/mol. The van der Waals surface area contributed by atoms with E-state index < -0.39 is 32.9 Å². The molecule has 0 radical (unpaired) electrons. The molecule has 0 spiro atoms. The number of aliphatic hydroxyl groups is 1. The van der Waals surface area contributed by atoms with Gasteiger partial charge in [0.2, 0.25) is 0 Å². The van der Waals surface area contributed by atoms with Gasteiger partial charge in [-0.15, -0.1) is 0 Å². The van der Waals surface area contributed by atoms with Crippen molar-refractivity contribution in [1.82, 2.24) is 14.5 Å². The lowest BCUT2D eigenvalue weighted by Gasteiger charge is -2.39. The van der Waals surface area contributed by atoms with Crippen LogP contribution < -0.4 is 5.73 Å². The minimum atomic E-state index is -2.25. The molecule has 0 amide bonds. The van der Waals surface area contributed by atoms with E-state index in [0.717, 1.165) is 0 Å². The van der Waals surface area contributed by atoms with Crippen LogP contribution in [0.25, 0.3) is 11.0 Å². The number of hydrogen-bond acceptors (Lipinski definition) is 6. The summed E-state index contributed by atoms with van der Waals surface area (Å²) in [5.41, 5.74) is 6.39. The molecule has 150 valence electrons. The Morgan fingerprint density at radius 1 is 1.41 bits per heavy atom. The van der Waals surface area contributed by atoms with Crippen LogP contribution >= 0.6 is 15.9 Å². The first kappa shape index (κ1) is 20.7. The van der Waals surface area contributed by atoms with Crippen LogP contribution in [0.1, 0.15) is 27.0 Å². The lowest BCUT2D eigenvalue weighted by molar-refractivity contribution is -0.0444. The number of fused-ring (bicyclic) bond motifs is 1. The Kier molecular flexibility index (Phi) is 5.41. The van der Waals surface area contributed by atoms with Gasteiger partial charge < -0.3 is 24.6 Å². The van der Waals surface area contributed by atoms with Gasteiger partial charge in [-0.3, -0.25) is 0 Å². The van der Waals surface area contributed by atoms with Crippen molar-refractivity contribution in [2.45, 2.75) is 63.5 Å². The highest BCUT2D eigenvalue weighted by Crippen LogP contribution is 2.43. The van der Waals surface area contributed by atoms with E-state index in [0.29, 0.717) is 21.3 Å². The third-order valence-corrected chi connectivity index (χ3v) is 10.6. The largest absolute Gasteiger partial charge is 0.408 e. The molecule has 0 saturated carbocycles. The Labute approximate surface area is 167 Å². The maximum atomic E-state index is 15.5. The minimum Gasteiger partial charge on any atom is -0.408 e. The third-order valence-electron chi connectivity index (χ3n) is 5.55. The molecule has 2 aromatic heterocycles. The second-order valence-electron chi connectivity index (χ2n) is 8.38. The molecule has 27 heavy (non-hydrogen) atoms. The van der Waals surface area contributed by atoms with Crippen molar-refractivity contribution in [3.05, 3.63) is 17.0 Å². The first-order valence-electron chi connectivity index (χ1n) is 8.82. The summed E-state index contributed by atoms with van der Waals surface area (Å²) in [6.45, 7) is 10.0. The SMILES string of the molecule is CC(C)(C)[Si](C)(C)O[C@H]1[C@@H](F)[C@H](n2cc(Br)c3c(N)ncnc32)O[C@@H]1CO. The number of hydrogen-bond donors (Lipinski definition) is 2. The maximum absolute atomic E-state index is 15.5. The highest BCUT2D eigenvalue weighted by atomic mass is 79.9. The molecule has 7 nitrogen and oxygen atoms in total. The molecule has 2 aromatic rings. The van der Waals surface area contributed by atoms with E-state index in [1.54, 1.807) is 10.8 Å². The summed E-state index contributed by atoms with van der Waals surface area (Å²) in [7, 11) is -2.25. The quantitative estimate of drug-likeness (QED) is 0.678. The fourth-order valence-electron chi connectivity index (χ4n) is 2.98. The fourth-order valence-corrected chi connectivity index (χ4v) is 4.90. The van der Waals surface area contributed by atoms with Crippen LogP contribution in [-0.2, 0) is 9.16 Å². The molecule has 1 aliphatic heterocycles. The van der Waals surface area contributed by atoms with E-state index in [4.69, 9.17) is 14.9 Å². The van der Waals surface area contributed by atoms with Gasteiger partial charge in [0.1, 0.15) is 30.0 Å². The molecule has 4 atom stereocenters. The number of aliphatic hydroxyl groups excluding tert-OH is 1. The van der Waals surface area contributed by atoms with Gasteiger partial charge in [-0.1, -0.05) is 20.8 Å². The lowest BCUT2D eigenvalue weighted by Crippen LogP contribution is -2.49.